The van der Waals surface area contributed by atoms with Crippen molar-refractivity contribution in [1.82, 2.24) is 0 Å². The lowest BCUT2D eigenvalue weighted by Crippen LogP contribution is -2.21. The van der Waals surface area contributed by atoms with Crippen molar-refractivity contribution in [2.24, 2.45) is 0 Å². The smallest absolute Gasteiger partial charge is 0.418 e. The summed E-state index contributed by atoms with van der Waals surface area (Å²) < 4.78 is 76.4. The summed E-state index contributed by atoms with van der Waals surface area (Å²) >= 11 is 0. The van der Waals surface area contributed by atoms with Gasteiger partial charge >= 0.3 is 6.18 Å². The van der Waals surface area contributed by atoms with Crippen molar-refractivity contribution in [1.29, 1.82) is 0 Å². The number of aryl methyl sites for hydroxylation is 3. The molecule has 3 aromatic rings. The zero-order valence-corrected chi connectivity index (χ0v) is 20.8. The molecule has 36 heavy (non-hydrogen) atoms. The molecular weight excluding hydrogens is 491 g/mol. The van der Waals surface area contributed by atoms with Gasteiger partial charge in [0, 0.05) is 18.7 Å². The molecule has 9 heteroatoms. The summed E-state index contributed by atoms with van der Waals surface area (Å²) in [6, 6.07) is 18.0. The molecule has 3 aromatic carbocycles. The number of unbranched alkanes of at least 4 members (excludes halogenated alkanes) is 1. The van der Waals surface area contributed by atoms with Crippen LogP contribution in [0.25, 0.3) is 0 Å². The standard InChI is InChI=1S/C27H30F3NO4S/c1-20-18-22(11-6-5-10-21-8-3-2-4-9-21)26(27(28,29)30)25(19-20)36(33,34)31-23-12-14-24(15-13-23)35-17-7-16-32/h2-4,8-9,12-15,18-19,31-32H,5-7,10-11,16-17H2,1H3. The molecule has 0 radical (unpaired) electrons. The Morgan fingerprint density at radius 1 is 0.917 bits per heavy atom. The summed E-state index contributed by atoms with van der Waals surface area (Å²) in [4.78, 5) is -0.781. The number of anilines is 1. The van der Waals surface area contributed by atoms with Gasteiger partial charge in [-0.3, -0.25) is 4.72 Å². The zero-order valence-electron chi connectivity index (χ0n) is 20.0. The molecular formula is C27H30F3NO4S. The predicted molar refractivity (Wildman–Crippen MR) is 134 cm³/mol. The third-order valence-corrected chi connectivity index (χ3v) is 6.99. The second kappa shape index (κ2) is 12.3. The van der Waals surface area contributed by atoms with Gasteiger partial charge in [0.2, 0.25) is 0 Å². The Hall–Kier alpha value is -3.04. The highest BCUT2D eigenvalue weighted by Gasteiger charge is 2.39. The van der Waals surface area contributed by atoms with Crippen LogP contribution < -0.4 is 9.46 Å². The summed E-state index contributed by atoms with van der Waals surface area (Å²) in [5.41, 5.74) is 0.514. The monoisotopic (exact) mass is 521 g/mol. The fraction of sp³-hybridized carbons (Fsp3) is 0.333. The first-order valence-electron chi connectivity index (χ1n) is 11.7. The molecule has 0 atom stereocenters. The molecule has 0 bridgehead atoms. The first-order valence-corrected chi connectivity index (χ1v) is 13.2. The van der Waals surface area contributed by atoms with E-state index >= 15 is 0 Å². The van der Waals surface area contributed by atoms with Crippen LogP contribution in [0, 0.1) is 6.92 Å². The third kappa shape index (κ3) is 7.73. The van der Waals surface area contributed by atoms with Gasteiger partial charge in [-0.05, 0) is 79.6 Å². The highest BCUT2D eigenvalue weighted by atomic mass is 32.2. The third-order valence-electron chi connectivity index (χ3n) is 5.58. The van der Waals surface area contributed by atoms with Crippen LogP contribution in [-0.2, 0) is 29.0 Å². The van der Waals surface area contributed by atoms with E-state index in [4.69, 9.17) is 9.84 Å². The molecule has 2 N–H and O–H groups in total. The van der Waals surface area contributed by atoms with Crippen molar-refractivity contribution in [2.45, 2.75) is 50.1 Å². The number of rotatable bonds is 12. The van der Waals surface area contributed by atoms with E-state index in [2.05, 4.69) is 4.72 Å². The second-order valence-corrected chi connectivity index (χ2v) is 10.2. The van der Waals surface area contributed by atoms with Gasteiger partial charge in [0.15, 0.2) is 0 Å². The van der Waals surface area contributed by atoms with E-state index in [0.717, 1.165) is 18.1 Å². The Morgan fingerprint density at radius 3 is 2.22 bits per heavy atom. The normalized spacial score (nSPS) is 11.9. The van der Waals surface area contributed by atoms with E-state index in [-0.39, 0.29) is 30.9 Å². The van der Waals surface area contributed by atoms with E-state index in [1.165, 1.54) is 30.3 Å². The van der Waals surface area contributed by atoms with Crippen LogP contribution in [0.4, 0.5) is 18.9 Å². The number of alkyl halides is 3. The molecule has 3 rings (SSSR count). The molecule has 0 amide bonds. The summed E-state index contributed by atoms with van der Waals surface area (Å²) in [6.07, 6.45) is -2.37. The predicted octanol–water partition coefficient (Wildman–Crippen LogP) is 6.14. The fourth-order valence-electron chi connectivity index (χ4n) is 3.93. The van der Waals surface area contributed by atoms with Crippen LogP contribution >= 0.6 is 0 Å². The number of nitrogens with one attached hydrogen (secondary N) is 1. The van der Waals surface area contributed by atoms with Crippen LogP contribution in [-0.4, -0.2) is 26.7 Å². The average molecular weight is 522 g/mol. The maximum atomic E-state index is 14.2. The summed E-state index contributed by atoms with van der Waals surface area (Å²) in [6.45, 7) is 1.85. The quantitative estimate of drug-likeness (QED) is 0.281. The molecule has 0 aromatic heterocycles. The lowest BCUT2D eigenvalue weighted by Gasteiger charge is -2.19. The van der Waals surface area contributed by atoms with E-state index in [0.29, 0.717) is 30.6 Å². The van der Waals surface area contributed by atoms with Crippen LogP contribution in [0.1, 0.15) is 41.5 Å². The van der Waals surface area contributed by atoms with Crippen LogP contribution in [0.15, 0.2) is 71.6 Å². The van der Waals surface area contributed by atoms with Gasteiger partial charge in [-0.1, -0.05) is 36.4 Å². The van der Waals surface area contributed by atoms with Crippen molar-refractivity contribution < 1.29 is 31.4 Å². The van der Waals surface area contributed by atoms with Crippen LogP contribution in [0.5, 0.6) is 5.75 Å². The highest BCUT2D eigenvalue weighted by Crippen LogP contribution is 2.39. The maximum absolute atomic E-state index is 14.2. The second-order valence-electron chi connectivity index (χ2n) is 8.54. The Kier molecular flexibility index (Phi) is 9.39. The van der Waals surface area contributed by atoms with E-state index in [9.17, 15) is 21.6 Å². The number of halogens is 3. The van der Waals surface area contributed by atoms with Crippen LogP contribution in [0.3, 0.4) is 0 Å². The average Bonchev–Trinajstić information content (AvgIpc) is 2.82. The molecule has 194 valence electrons. The molecule has 0 saturated carbocycles. The lowest BCUT2D eigenvalue weighted by atomic mass is 9.97. The Balaban J connectivity index is 1.81. The minimum Gasteiger partial charge on any atom is -0.494 e. The van der Waals surface area contributed by atoms with Crippen molar-refractivity contribution in [3.63, 3.8) is 0 Å². The molecule has 0 unspecified atom stereocenters. The van der Waals surface area contributed by atoms with Crippen molar-refractivity contribution in [2.75, 3.05) is 17.9 Å². The van der Waals surface area contributed by atoms with E-state index in [1.807, 2.05) is 30.3 Å². The first kappa shape index (κ1) is 27.5. The highest BCUT2D eigenvalue weighted by molar-refractivity contribution is 7.92. The first-order chi connectivity index (χ1) is 17.1. The topological polar surface area (TPSA) is 75.6 Å². The number of aliphatic hydroxyl groups is 1. The van der Waals surface area contributed by atoms with Gasteiger partial charge in [-0.25, -0.2) is 8.42 Å². The van der Waals surface area contributed by atoms with Crippen molar-refractivity contribution >= 4 is 15.7 Å². The molecule has 0 aliphatic rings. The molecule has 0 heterocycles. The minimum absolute atomic E-state index is 0.0229. The maximum Gasteiger partial charge on any atom is 0.418 e. The summed E-state index contributed by atoms with van der Waals surface area (Å²) in [5.74, 6) is 0.454. The minimum atomic E-state index is -4.84. The van der Waals surface area contributed by atoms with Gasteiger partial charge in [0.1, 0.15) is 10.6 Å². The molecule has 5 nitrogen and oxygen atoms in total. The van der Waals surface area contributed by atoms with Gasteiger partial charge < -0.3 is 9.84 Å². The molecule has 0 saturated heterocycles. The van der Waals surface area contributed by atoms with Gasteiger partial charge in [-0.2, -0.15) is 13.2 Å². The Morgan fingerprint density at radius 2 is 1.58 bits per heavy atom. The van der Waals surface area contributed by atoms with Crippen LogP contribution in [0.2, 0.25) is 0 Å². The molecule has 0 aliphatic heterocycles. The number of sulfonamides is 1. The van der Waals surface area contributed by atoms with E-state index in [1.54, 1.807) is 6.92 Å². The zero-order chi connectivity index (χ0) is 26.2. The number of hydrogen-bond acceptors (Lipinski definition) is 4. The largest absolute Gasteiger partial charge is 0.494 e. The Bertz CT molecular complexity index is 1230. The number of ether oxygens (including phenoxy) is 1. The number of hydrogen-bond donors (Lipinski definition) is 2. The van der Waals surface area contributed by atoms with Crippen molar-refractivity contribution in [3.8, 4) is 5.75 Å². The summed E-state index contributed by atoms with van der Waals surface area (Å²) in [5, 5.41) is 8.81. The number of benzene rings is 3. The van der Waals surface area contributed by atoms with Gasteiger partial charge in [0.05, 0.1) is 12.2 Å². The van der Waals surface area contributed by atoms with E-state index < -0.39 is 26.7 Å². The summed E-state index contributed by atoms with van der Waals surface area (Å²) in [7, 11) is -4.52. The fourth-order valence-corrected chi connectivity index (χ4v) is 5.34. The van der Waals surface area contributed by atoms with Gasteiger partial charge in [0.25, 0.3) is 10.0 Å². The van der Waals surface area contributed by atoms with Gasteiger partial charge in [-0.15, -0.1) is 0 Å². The molecule has 0 spiro atoms. The molecule has 0 aliphatic carbocycles. The lowest BCUT2D eigenvalue weighted by molar-refractivity contribution is -0.140. The number of aliphatic hydroxyl groups excluding tert-OH is 1. The SMILES string of the molecule is Cc1cc(CCCCc2ccccc2)c(C(F)(F)F)c(S(=O)(=O)Nc2ccc(OCCCO)cc2)c1. The Labute approximate surface area is 210 Å². The molecule has 0 fully saturated rings. The van der Waals surface area contributed by atoms with Crippen molar-refractivity contribution in [3.05, 3.63) is 89.0 Å².